The number of aromatic nitrogens is 2. The molecule has 1 fully saturated rings. The predicted molar refractivity (Wildman–Crippen MR) is 70.8 cm³/mol. The summed E-state index contributed by atoms with van der Waals surface area (Å²) < 4.78 is 5.33. The zero-order chi connectivity index (χ0) is 13.2. The van der Waals surface area contributed by atoms with Crippen LogP contribution in [-0.4, -0.2) is 28.8 Å². The van der Waals surface area contributed by atoms with Gasteiger partial charge in [-0.1, -0.05) is 32.1 Å². The first-order valence-electron chi connectivity index (χ1n) is 6.29. The van der Waals surface area contributed by atoms with Crippen LogP contribution in [0.2, 0.25) is 0 Å². The van der Waals surface area contributed by atoms with E-state index in [0.717, 1.165) is 24.3 Å². The molecule has 100 valence electrons. The molecular formula is C12H19N3O2S. The summed E-state index contributed by atoms with van der Waals surface area (Å²) in [5, 5.41) is 12.5. The van der Waals surface area contributed by atoms with Crippen LogP contribution in [0.1, 0.15) is 45.0 Å². The minimum atomic E-state index is -0.323. The largest absolute Gasteiger partial charge is 0.368 e. The van der Waals surface area contributed by atoms with E-state index in [0.29, 0.717) is 11.7 Å². The molecule has 0 saturated carbocycles. The number of rotatable bonds is 4. The molecule has 2 rings (SSSR count). The van der Waals surface area contributed by atoms with Gasteiger partial charge in [0.1, 0.15) is 11.1 Å². The lowest BCUT2D eigenvalue weighted by Gasteiger charge is -2.17. The van der Waals surface area contributed by atoms with Gasteiger partial charge in [-0.3, -0.25) is 10.1 Å². The maximum Gasteiger partial charge on any atom is 0.255 e. The fourth-order valence-corrected chi connectivity index (χ4v) is 2.59. The van der Waals surface area contributed by atoms with Gasteiger partial charge in [0.2, 0.25) is 5.13 Å². The number of nitrogens with one attached hydrogen (secondary N) is 1. The maximum atomic E-state index is 11.8. The lowest BCUT2D eigenvalue weighted by Crippen LogP contribution is -2.26. The lowest BCUT2D eigenvalue weighted by atomic mass is 9.91. The lowest BCUT2D eigenvalue weighted by molar-refractivity contribution is -0.124. The number of hydrogen-bond donors (Lipinski definition) is 1. The van der Waals surface area contributed by atoms with Gasteiger partial charge in [0, 0.05) is 12.0 Å². The highest BCUT2D eigenvalue weighted by atomic mass is 32.1. The Hall–Kier alpha value is -1.01. The van der Waals surface area contributed by atoms with E-state index in [4.69, 9.17) is 4.74 Å². The van der Waals surface area contributed by atoms with E-state index in [9.17, 15) is 4.79 Å². The van der Waals surface area contributed by atoms with Gasteiger partial charge < -0.3 is 4.74 Å². The van der Waals surface area contributed by atoms with Gasteiger partial charge in [0.15, 0.2) is 0 Å². The van der Waals surface area contributed by atoms with Gasteiger partial charge in [0.25, 0.3) is 5.91 Å². The van der Waals surface area contributed by atoms with Gasteiger partial charge in [-0.05, 0) is 19.3 Å². The summed E-state index contributed by atoms with van der Waals surface area (Å²) >= 11 is 1.44. The van der Waals surface area contributed by atoms with Gasteiger partial charge in [-0.2, -0.15) is 0 Å². The first-order valence-corrected chi connectivity index (χ1v) is 7.11. The van der Waals surface area contributed by atoms with E-state index in [1.807, 2.05) is 0 Å². The van der Waals surface area contributed by atoms with Crippen LogP contribution >= 0.6 is 11.3 Å². The molecule has 0 spiro atoms. The van der Waals surface area contributed by atoms with Gasteiger partial charge in [0.05, 0.1) is 0 Å². The Labute approximate surface area is 111 Å². The molecule has 0 bridgehead atoms. The van der Waals surface area contributed by atoms with Gasteiger partial charge in [-0.15, -0.1) is 10.2 Å². The van der Waals surface area contributed by atoms with Crippen molar-refractivity contribution in [1.29, 1.82) is 0 Å². The smallest absolute Gasteiger partial charge is 0.255 e. The van der Waals surface area contributed by atoms with E-state index in [-0.39, 0.29) is 17.4 Å². The molecule has 2 heterocycles. The molecule has 5 nitrogen and oxygen atoms in total. The van der Waals surface area contributed by atoms with Crippen LogP contribution in [0.4, 0.5) is 5.13 Å². The second kappa shape index (κ2) is 5.32. The van der Waals surface area contributed by atoms with Gasteiger partial charge in [-0.25, -0.2) is 0 Å². The van der Waals surface area contributed by atoms with Gasteiger partial charge >= 0.3 is 0 Å². The average molecular weight is 269 g/mol. The molecule has 0 unspecified atom stereocenters. The highest BCUT2D eigenvalue weighted by Crippen LogP contribution is 2.31. The SMILES string of the molecule is CCC(C)(C)c1nnc(NC(=O)[C@H]2CCCO2)s1. The molecular weight excluding hydrogens is 250 g/mol. The van der Waals surface area contributed by atoms with Crippen molar-refractivity contribution in [3.63, 3.8) is 0 Å². The number of nitrogens with zero attached hydrogens (tertiary/aromatic N) is 2. The third kappa shape index (κ3) is 2.87. The maximum absolute atomic E-state index is 11.8. The van der Waals surface area contributed by atoms with E-state index < -0.39 is 0 Å². The van der Waals surface area contributed by atoms with Crippen LogP contribution in [0.5, 0.6) is 0 Å². The molecule has 1 aliphatic rings. The minimum Gasteiger partial charge on any atom is -0.368 e. The number of anilines is 1. The number of carbonyl (C=O) groups excluding carboxylic acids is 1. The third-order valence-electron chi connectivity index (χ3n) is 3.34. The number of carbonyl (C=O) groups is 1. The quantitative estimate of drug-likeness (QED) is 0.911. The van der Waals surface area contributed by atoms with E-state index in [1.165, 1.54) is 11.3 Å². The molecule has 1 saturated heterocycles. The summed E-state index contributed by atoms with van der Waals surface area (Å²) in [5.41, 5.74) is 0.00447. The fourth-order valence-electron chi connectivity index (χ4n) is 1.67. The van der Waals surface area contributed by atoms with Crippen molar-refractivity contribution in [1.82, 2.24) is 10.2 Å². The van der Waals surface area contributed by atoms with Crippen molar-refractivity contribution in [3.8, 4) is 0 Å². The number of amides is 1. The van der Waals surface area contributed by atoms with Crippen molar-refractivity contribution in [2.24, 2.45) is 0 Å². The van der Waals surface area contributed by atoms with Crippen LogP contribution < -0.4 is 5.32 Å². The highest BCUT2D eigenvalue weighted by molar-refractivity contribution is 7.15. The zero-order valence-corrected chi connectivity index (χ0v) is 11.8. The van der Waals surface area contributed by atoms with E-state index in [1.54, 1.807) is 0 Å². The molecule has 0 radical (unpaired) electrons. The molecule has 18 heavy (non-hydrogen) atoms. The van der Waals surface area contributed by atoms with E-state index in [2.05, 4.69) is 36.3 Å². The summed E-state index contributed by atoms with van der Waals surface area (Å²) in [6, 6.07) is 0. The molecule has 0 aliphatic carbocycles. The molecule has 6 heteroatoms. The van der Waals surface area contributed by atoms with E-state index >= 15 is 0 Å². The first-order chi connectivity index (χ1) is 8.53. The van der Waals surface area contributed by atoms with Crippen molar-refractivity contribution in [3.05, 3.63) is 5.01 Å². The van der Waals surface area contributed by atoms with Crippen molar-refractivity contribution >= 4 is 22.4 Å². The predicted octanol–water partition coefficient (Wildman–Crippen LogP) is 2.34. The Morgan fingerprint density at radius 1 is 1.56 bits per heavy atom. The normalized spacial score (nSPS) is 20.1. The average Bonchev–Trinajstić information content (AvgIpc) is 2.99. The topological polar surface area (TPSA) is 64.1 Å². The summed E-state index contributed by atoms with van der Waals surface area (Å²) in [7, 11) is 0. The summed E-state index contributed by atoms with van der Waals surface area (Å²) in [5.74, 6) is -0.107. The van der Waals surface area contributed by atoms with Crippen molar-refractivity contribution < 1.29 is 9.53 Å². The highest BCUT2D eigenvalue weighted by Gasteiger charge is 2.26. The fraction of sp³-hybridized carbons (Fsp3) is 0.750. The summed E-state index contributed by atoms with van der Waals surface area (Å²) in [6.07, 6.45) is 2.40. The van der Waals surface area contributed by atoms with Crippen molar-refractivity contribution in [2.45, 2.75) is 51.6 Å². The third-order valence-corrected chi connectivity index (χ3v) is 4.54. The Bertz CT molecular complexity index is 425. The summed E-state index contributed by atoms with van der Waals surface area (Å²) in [4.78, 5) is 11.8. The molecule has 1 aromatic heterocycles. The van der Waals surface area contributed by atoms with Crippen LogP contribution in [0.15, 0.2) is 0 Å². The number of hydrogen-bond acceptors (Lipinski definition) is 5. The zero-order valence-electron chi connectivity index (χ0n) is 11.0. The second-order valence-corrected chi connectivity index (χ2v) is 6.12. The first kappa shape index (κ1) is 13.4. The Kier molecular flexibility index (Phi) is 3.97. The molecule has 0 aromatic carbocycles. The molecule has 1 aromatic rings. The van der Waals surface area contributed by atoms with Crippen LogP contribution in [-0.2, 0) is 14.9 Å². The van der Waals surface area contributed by atoms with Crippen LogP contribution in [0.3, 0.4) is 0 Å². The summed E-state index contributed by atoms with van der Waals surface area (Å²) in [6.45, 7) is 7.03. The molecule has 1 aliphatic heterocycles. The molecule has 1 atom stereocenters. The Morgan fingerprint density at radius 3 is 2.94 bits per heavy atom. The standard InChI is InChI=1S/C12H19N3O2S/c1-4-12(2,3)10-14-15-11(18-10)13-9(16)8-6-5-7-17-8/h8H,4-7H2,1-3H3,(H,13,15,16)/t8-/m1/s1. The Balaban J connectivity index is 2.00. The number of ether oxygens (including phenoxy) is 1. The van der Waals surface area contributed by atoms with Crippen LogP contribution in [0.25, 0.3) is 0 Å². The van der Waals surface area contributed by atoms with Crippen LogP contribution in [0, 0.1) is 0 Å². The molecule has 1 amide bonds. The second-order valence-electron chi connectivity index (χ2n) is 5.14. The Morgan fingerprint density at radius 2 is 2.33 bits per heavy atom. The monoisotopic (exact) mass is 269 g/mol. The van der Waals surface area contributed by atoms with Crippen molar-refractivity contribution in [2.75, 3.05) is 11.9 Å². The molecule has 1 N–H and O–H groups in total. The minimum absolute atomic E-state index is 0.00447.